The Morgan fingerprint density at radius 1 is 1.36 bits per heavy atom. The van der Waals surface area contributed by atoms with Crippen molar-refractivity contribution in [1.82, 2.24) is 15.5 Å². The average molecular weight is 347 g/mol. The molecule has 1 aliphatic heterocycles. The lowest BCUT2D eigenvalue weighted by Crippen LogP contribution is -2.41. The van der Waals surface area contributed by atoms with Crippen molar-refractivity contribution in [2.75, 3.05) is 39.5 Å². The van der Waals surface area contributed by atoms with Crippen molar-refractivity contribution in [3.8, 4) is 5.75 Å². The number of morpholine rings is 1. The van der Waals surface area contributed by atoms with Crippen molar-refractivity contribution >= 4 is 6.03 Å². The van der Waals surface area contributed by atoms with E-state index in [4.69, 9.17) is 9.47 Å². The number of nitrogens with one attached hydrogen (secondary N) is 2. The average Bonchev–Trinajstić information content (AvgIpc) is 3.47. The van der Waals surface area contributed by atoms with Gasteiger partial charge in [-0.05, 0) is 43.4 Å². The van der Waals surface area contributed by atoms with Gasteiger partial charge in [-0.15, -0.1) is 0 Å². The van der Waals surface area contributed by atoms with Gasteiger partial charge in [0, 0.05) is 32.2 Å². The summed E-state index contributed by atoms with van der Waals surface area (Å²) >= 11 is 0. The molecule has 25 heavy (non-hydrogen) atoms. The molecule has 3 rings (SSSR count). The molecule has 1 unspecified atom stereocenters. The molecule has 6 nitrogen and oxygen atoms in total. The van der Waals surface area contributed by atoms with Gasteiger partial charge in [0.15, 0.2) is 0 Å². The first-order valence-corrected chi connectivity index (χ1v) is 9.27. The fraction of sp³-hybridized carbons (Fsp3) is 0.632. The molecule has 2 fully saturated rings. The third-order valence-electron chi connectivity index (χ3n) is 4.82. The molecule has 1 aromatic rings. The minimum absolute atomic E-state index is 0.0990. The van der Waals surface area contributed by atoms with Gasteiger partial charge in [-0.3, -0.25) is 4.90 Å². The Bertz CT molecular complexity index is 557. The van der Waals surface area contributed by atoms with Crippen molar-refractivity contribution in [3.05, 3.63) is 29.8 Å². The molecule has 138 valence electrons. The van der Waals surface area contributed by atoms with Gasteiger partial charge in [0.05, 0.1) is 13.2 Å². The zero-order chi connectivity index (χ0) is 17.5. The molecule has 2 aliphatic rings. The van der Waals surface area contributed by atoms with E-state index in [0.29, 0.717) is 19.1 Å². The van der Waals surface area contributed by atoms with Gasteiger partial charge in [0.25, 0.3) is 0 Å². The highest BCUT2D eigenvalue weighted by molar-refractivity contribution is 5.74. The van der Waals surface area contributed by atoms with Gasteiger partial charge in [-0.1, -0.05) is 12.1 Å². The predicted octanol–water partition coefficient (Wildman–Crippen LogP) is 2.00. The smallest absolute Gasteiger partial charge is 0.315 e. The molecule has 2 amide bonds. The molecule has 2 N–H and O–H groups in total. The summed E-state index contributed by atoms with van der Waals surface area (Å²) < 4.78 is 11.2. The van der Waals surface area contributed by atoms with E-state index < -0.39 is 0 Å². The van der Waals surface area contributed by atoms with Gasteiger partial charge in [0.2, 0.25) is 0 Å². The number of hydrogen-bond acceptors (Lipinski definition) is 4. The van der Waals surface area contributed by atoms with Crippen LogP contribution in [0.15, 0.2) is 24.3 Å². The lowest BCUT2D eigenvalue weighted by atomic mass is 10.2. The highest BCUT2D eigenvalue weighted by atomic mass is 16.5. The second kappa shape index (κ2) is 9.06. The Labute approximate surface area is 149 Å². The number of carbonyl (C=O) groups excluding carboxylic acids is 1. The lowest BCUT2D eigenvalue weighted by molar-refractivity contribution is 0.0322. The number of urea groups is 1. The van der Waals surface area contributed by atoms with Crippen LogP contribution in [0.25, 0.3) is 0 Å². The third-order valence-corrected chi connectivity index (χ3v) is 4.82. The zero-order valence-electron chi connectivity index (χ0n) is 15.0. The molecule has 1 saturated heterocycles. The van der Waals surface area contributed by atoms with Gasteiger partial charge in [0.1, 0.15) is 12.4 Å². The number of benzene rings is 1. The van der Waals surface area contributed by atoms with Crippen LogP contribution in [0, 0.1) is 5.92 Å². The Morgan fingerprint density at radius 3 is 2.92 bits per heavy atom. The van der Waals surface area contributed by atoms with Crippen molar-refractivity contribution in [2.24, 2.45) is 5.92 Å². The van der Waals surface area contributed by atoms with E-state index in [9.17, 15) is 4.79 Å². The number of amides is 2. The molecule has 1 saturated carbocycles. The van der Waals surface area contributed by atoms with Gasteiger partial charge < -0.3 is 20.1 Å². The molecule has 1 atom stereocenters. The summed E-state index contributed by atoms with van der Waals surface area (Å²) in [4.78, 5) is 14.3. The lowest BCUT2D eigenvalue weighted by Gasteiger charge is -2.26. The molecule has 0 spiro atoms. The Kier molecular flexibility index (Phi) is 6.53. The largest absolute Gasteiger partial charge is 0.492 e. The molecule has 0 bridgehead atoms. The minimum Gasteiger partial charge on any atom is -0.492 e. The summed E-state index contributed by atoms with van der Waals surface area (Å²) in [6.07, 6.45) is 2.45. The number of carbonyl (C=O) groups is 1. The van der Waals surface area contributed by atoms with Crippen LogP contribution in [-0.2, 0) is 11.3 Å². The Morgan fingerprint density at radius 2 is 2.16 bits per heavy atom. The standard InChI is InChI=1S/C19H29N3O3/c1-15(17-5-6-17)21-19(23)20-14-16-3-2-4-18(13-16)25-12-9-22-7-10-24-11-8-22/h2-4,13,15,17H,5-12,14H2,1H3,(H2,20,21,23). The zero-order valence-corrected chi connectivity index (χ0v) is 15.0. The van der Waals surface area contributed by atoms with Crippen LogP contribution in [0.2, 0.25) is 0 Å². The summed E-state index contributed by atoms with van der Waals surface area (Å²) in [7, 11) is 0. The topological polar surface area (TPSA) is 62.8 Å². The van der Waals surface area contributed by atoms with Crippen LogP contribution in [0.4, 0.5) is 4.79 Å². The molecule has 1 aromatic carbocycles. The van der Waals surface area contributed by atoms with Crippen molar-refractivity contribution in [3.63, 3.8) is 0 Å². The Balaban J connectivity index is 1.37. The summed E-state index contributed by atoms with van der Waals surface area (Å²) in [6.45, 7) is 7.71. The van der Waals surface area contributed by atoms with Crippen molar-refractivity contribution < 1.29 is 14.3 Å². The third kappa shape index (κ3) is 6.21. The van der Waals surface area contributed by atoms with Crippen molar-refractivity contribution in [2.45, 2.75) is 32.4 Å². The van der Waals surface area contributed by atoms with E-state index >= 15 is 0 Å². The van der Waals surface area contributed by atoms with E-state index in [2.05, 4.69) is 22.5 Å². The quantitative estimate of drug-likeness (QED) is 0.755. The predicted molar refractivity (Wildman–Crippen MR) is 96.8 cm³/mol. The van der Waals surface area contributed by atoms with E-state index in [0.717, 1.165) is 44.2 Å². The summed E-state index contributed by atoms with van der Waals surface area (Å²) in [5, 5.41) is 5.92. The first-order chi connectivity index (χ1) is 12.2. The van der Waals surface area contributed by atoms with E-state index in [1.165, 1.54) is 12.8 Å². The number of rotatable bonds is 8. The number of ether oxygens (including phenoxy) is 2. The maximum absolute atomic E-state index is 11.9. The van der Waals surface area contributed by atoms with Crippen LogP contribution in [-0.4, -0.2) is 56.4 Å². The highest BCUT2D eigenvalue weighted by Gasteiger charge is 2.28. The fourth-order valence-corrected chi connectivity index (χ4v) is 3.02. The molecular formula is C19H29N3O3. The Hall–Kier alpha value is -1.79. The van der Waals surface area contributed by atoms with E-state index in [1.54, 1.807) is 0 Å². The highest BCUT2D eigenvalue weighted by Crippen LogP contribution is 2.32. The molecule has 6 heteroatoms. The minimum atomic E-state index is -0.0990. The van der Waals surface area contributed by atoms with Crippen molar-refractivity contribution in [1.29, 1.82) is 0 Å². The maximum atomic E-state index is 11.9. The maximum Gasteiger partial charge on any atom is 0.315 e. The SMILES string of the molecule is CC(NC(=O)NCc1cccc(OCCN2CCOCC2)c1)C1CC1. The summed E-state index contributed by atoms with van der Waals surface area (Å²) in [5.74, 6) is 1.51. The van der Waals surface area contributed by atoms with Gasteiger partial charge in [-0.2, -0.15) is 0 Å². The van der Waals surface area contributed by atoms with Crippen LogP contribution in [0.3, 0.4) is 0 Å². The molecule has 0 aromatic heterocycles. The molecule has 0 radical (unpaired) electrons. The fourth-order valence-electron chi connectivity index (χ4n) is 3.02. The summed E-state index contributed by atoms with van der Waals surface area (Å²) in [5.41, 5.74) is 1.04. The van der Waals surface area contributed by atoms with Gasteiger partial charge >= 0.3 is 6.03 Å². The first-order valence-electron chi connectivity index (χ1n) is 9.27. The van der Waals surface area contributed by atoms with E-state index in [1.807, 2.05) is 24.3 Å². The summed E-state index contributed by atoms with van der Waals surface area (Å²) in [6, 6.07) is 8.07. The molecular weight excluding hydrogens is 318 g/mol. The number of hydrogen-bond donors (Lipinski definition) is 2. The second-order valence-corrected chi connectivity index (χ2v) is 6.90. The first kappa shape index (κ1) is 18.0. The van der Waals surface area contributed by atoms with Gasteiger partial charge in [-0.25, -0.2) is 4.79 Å². The monoisotopic (exact) mass is 347 g/mol. The van der Waals surface area contributed by atoms with Crippen LogP contribution in [0.1, 0.15) is 25.3 Å². The van der Waals surface area contributed by atoms with E-state index in [-0.39, 0.29) is 12.1 Å². The van der Waals surface area contributed by atoms with Crippen LogP contribution >= 0.6 is 0 Å². The van der Waals surface area contributed by atoms with Crippen LogP contribution < -0.4 is 15.4 Å². The normalized spacial score (nSPS) is 19.2. The molecule has 1 aliphatic carbocycles. The van der Waals surface area contributed by atoms with Crippen LogP contribution in [0.5, 0.6) is 5.75 Å². The second-order valence-electron chi connectivity index (χ2n) is 6.90. The molecule has 1 heterocycles. The number of nitrogens with zero attached hydrogens (tertiary/aromatic N) is 1.